The summed E-state index contributed by atoms with van der Waals surface area (Å²) in [7, 11) is 0. The van der Waals surface area contributed by atoms with Crippen molar-refractivity contribution >= 4 is 44.8 Å². The Balaban J connectivity index is 2.18. The predicted octanol–water partition coefficient (Wildman–Crippen LogP) is 3.27. The summed E-state index contributed by atoms with van der Waals surface area (Å²) >= 11 is 3.26. The van der Waals surface area contributed by atoms with Crippen LogP contribution < -0.4 is 11.1 Å². The number of nitrogens with two attached hydrogens (primary N) is 1. The van der Waals surface area contributed by atoms with Gasteiger partial charge in [0.25, 0.3) is 5.91 Å². The quantitative estimate of drug-likeness (QED) is 0.832. The Morgan fingerprint density at radius 3 is 2.95 bits per heavy atom. The number of nitrogen functional groups attached to an aromatic ring is 1. The van der Waals surface area contributed by atoms with Gasteiger partial charge in [-0.15, -0.1) is 11.3 Å². The highest BCUT2D eigenvalue weighted by atomic mass is 32.2. The second-order valence-electron chi connectivity index (χ2n) is 4.40. The number of rotatable bonds is 5. The van der Waals surface area contributed by atoms with E-state index in [1.165, 1.54) is 11.3 Å². The molecule has 1 heterocycles. The molecule has 1 aromatic carbocycles. The maximum atomic E-state index is 12.1. The van der Waals surface area contributed by atoms with Gasteiger partial charge in [0.15, 0.2) is 0 Å². The Morgan fingerprint density at radius 1 is 1.47 bits per heavy atom. The summed E-state index contributed by atoms with van der Waals surface area (Å²) in [5.41, 5.74) is 7.85. The molecule has 19 heavy (non-hydrogen) atoms. The molecule has 0 fully saturated rings. The van der Waals surface area contributed by atoms with Crippen LogP contribution in [-0.4, -0.2) is 24.5 Å². The number of nitrogens with one attached hydrogen (secondary N) is 1. The summed E-state index contributed by atoms with van der Waals surface area (Å²) < 4.78 is 1.11. The number of benzene rings is 1. The summed E-state index contributed by atoms with van der Waals surface area (Å²) in [5.74, 6) is 1.00. The van der Waals surface area contributed by atoms with Crippen LogP contribution in [0.3, 0.4) is 0 Å². The molecule has 0 aliphatic carbocycles. The van der Waals surface area contributed by atoms with Gasteiger partial charge < -0.3 is 11.1 Å². The van der Waals surface area contributed by atoms with Crippen LogP contribution in [0.5, 0.6) is 0 Å². The Hall–Kier alpha value is -1.20. The van der Waals surface area contributed by atoms with Crippen molar-refractivity contribution in [2.24, 2.45) is 0 Å². The third-order valence-electron chi connectivity index (χ3n) is 2.97. The molecule has 1 amide bonds. The first-order chi connectivity index (χ1) is 9.15. The fraction of sp³-hybridized carbons (Fsp3) is 0.357. The molecule has 0 atom stereocenters. The molecule has 102 valence electrons. The molecule has 0 aliphatic rings. The Morgan fingerprint density at radius 2 is 2.26 bits per heavy atom. The van der Waals surface area contributed by atoms with Crippen LogP contribution in [0.25, 0.3) is 10.1 Å². The molecule has 2 rings (SSSR count). The minimum Gasteiger partial charge on any atom is -0.397 e. The van der Waals surface area contributed by atoms with Crippen molar-refractivity contribution in [2.75, 3.05) is 24.3 Å². The SMILES string of the molecule is CSCCCNC(=O)c1sc2c(C)cccc2c1N. The van der Waals surface area contributed by atoms with Gasteiger partial charge in [-0.05, 0) is 30.9 Å². The van der Waals surface area contributed by atoms with E-state index in [-0.39, 0.29) is 5.91 Å². The molecular formula is C14H18N2OS2. The molecule has 2 aromatic rings. The summed E-state index contributed by atoms with van der Waals surface area (Å²) in [6.45, 7) is 2.74. The fourth-order valence-electron chi connectivity index (χ4n) is 1.95. The number of fused-ring (bicyclic) bond motifs is 1. The van der Waals surface area contributed by atoms with Gasteiger partial charge in [0.2, 0.25) is 0 Å². The molecule has 0 unspecified atom stereocenters. The second kappa shape index (κ2) is 6.30. The Labute approximate surface area is 121 Å². The number of thiophene rings is 1. The zero-order chi connectivity index (χ0) is 13.8. The van der Waals surface area contributed by atoms with E-state index >= 15 is 0 Å². The van der Waals surface area contributed by atoms with Crippen LogP contribution in [-0.2, 0) is 0 Å². The number of thioether (sulfide) groups is 1. The minimum absolute atomic E-state index is 0.0563. The molecule has 0 aliphatic heterocycles. The average Bonchev–Trinajstić information content (AvgIpc) is 2.74. The van der Waals surface area contributed by atoms with E-state index in [1.807, 2.05) is 25.1 Å². The molecule has 0 radical (unpaired) electrons. The first-order valence-electron chi connectivity index (χ1n) is 6.20. The fourth-order valence-corrected chi connectivity index (χ4v) is 3.49. The normalized spacial score (nSPS) is 10.8. The highest BCUT2D eigenvalue weighted by molar-refractivity contribution is 7.98. The lowest BCUT2D eigenvalue weighted by Gasteiger charge is -2.03. The van der Waals surface area contributed by atoms with Crippen LogP contribution in [0, 0.1) is 6.92 Å². The summed E-state index contributed by atoms with van der Waals surface area (Å²) in [6, 6.07) is 5.98. The van der Waals surface area contributed by atoms with Gasteiger partial charge in [-0.3, -0.25) is 4.79 Å². The first-order valence-corrected chi connectivity index (χ1v) is 8.41. The molecule has 0 saturated heterocycles. The van der Waals surface area contributed by atoms with Gasteiger partial charge in [-0.25, -0.2) is 0 Å². The summed E-state index contributed by atoms with van der Waals surface area (Å²) in [4.78, 5) is 12.8. The maximum absolute atomic E-state index is 12.1. The van der Waals surface area contributed by atoms with E-state index in [2.05, 4.69) is 11.6 Å². The van der Waals surface area contributed by atoms with E-state index in [0.29, 0.717) is 17.1 Å². The van der Waals surface area contributed by atoms with Gasteiger partial charge in [0.1, 0.15) is 4.88 Å². The zero-order valence-electron chi connectivity index (χ0n) is 11.2. The lowest BCUT2D eigenvalue weighted by molar-refractivity contribution is 0.0958. The standard InChI is InChI=1S/C14H18N2OS2/c1-9-5-3-6-10-11(15)13(19-12(9)10)14(17)16-7-4-8-18-2/h3,5-6H,4,7-8,15H2,1-2H3,(H,16,17). The molecule has 3 N–H and O–H groups in total. The number of aryl methyl sites for hydroxylation is 1. The number of hydrogen-bond donors (Lipinski definition) is 2. The third-order valence-corrected chi connectivity index (χ3v) is 5.02. The van der Waals surface area contributed by atoms with Crippen molar-refractivity contribution in [1.29, 1.82) is 0 Å². The smallest absolute Gasteiger partial charge is 0.263 e. The molecule has 3 nitrogen and oxygen atoms in total. The van der Waals surface area contributed by atoms with Crippen LogP contribution in [0.1, 0.15) is 21.7 Å². The molecule has 0 saturated carbocycles. The number of amides is 1. The molecule has 0 spiro atoms. The molecule has 0 bridgehead atoms. The van der Waals surface area contributed by atoms with Gasteiger partial charge in [-0.2, -0.15) is 11.8 Å². The highest BCUT2D eigenvalue weighted by Crippen LogP contribution is 2.35. The van der Waals surface area contributed by atoms with Gasteiger partial charge in [0.05, 0.1) is 5.69 Å². The zero-order valence-corrected chi connectivity index (χ0v) is 12.8. The molecule has 5 heteroatoms. The Bertz CT molecular complexity index is 592. The number of carbonyl (C=O) groups is 1. The van der Waals surface area contributed by atoms with Crippen LogP contribution >= 0.6 is 23.1 Å². The lowest BCUT2D eigenvalue weighted by Crippen LogP contribution is -2.24. The second-order valence-corrected chi connectivity index (χ2v) is 6.40. The maximum Gasteiger partial charge on any atom is 0.263 e. The van der Waals surface area contributed by atoms with E-state index in [4.69, 9.17) is 5.73 Å². The topological polar surface area (TPSA) is 55.1 Å². The van der Waals surface area contributed by atoms with Crippen molar-refractivity contribution < 1.29 is 4.79 Å². The van der Waals surface area contributed by atoms with Crippen molar-refractivity contribution in [2.45, 2.75) is 13.3 Å². The number of hydrogen-bond acceptors (Lipinski definition) is 4. The third kappa shape index (κ3) is 3.04. The number of carbonyl (C=O) groups excluding carboxylic acids is 1. The first kappa shape index (κ1) is 14.2. The van der Waals surface area contributed by atoms with E-state index in [0.717, 1.165) is 27.8 Å². The highest BCUT2D eigenvalue weighted by Gasteiger charge is 2.16. The summed E-state index contributed by atoms with van der Waals surface area (Å²) in [6.07, 6.45) is 3.05. The van der Waals surface area contributed by atoms with E-state index in [9.17, 15) is 4.79 Å². The van der Waals surface area contributed by atoms with Crippen LogP contribution in [0.15, 0.2) is 18.2 Å². The average molecular weight is 294 g/mol. The van der Waals surface area contributed by atoms with Crippen molar-refractivity contribution in [3.63, 3.8) is 0 Å². The molecular weight excluding hydrogens is 276 g/mol. The van der Waals surface area contributed by atoms with E-state index in [1.54, 1.807) is 11.8 Å². The Kier molecular flexibility index (Phi) is 4.71. The van der Waals surface area contributed by atoms with Crippen LogP contribution in [0.4, 0.5) is 5.69 Å². The number of anilines is 1. The van der Waals surface area contributed by atoms with Crippen molar-refractivity contribution in [3.05, 3.63) is 28.6 Å². The van der Waals surface area contributed by atoms with Gasteiger partial charge in [-0.1, -0.05) is 18.2 Å². The summed E-state index contributed by atoms with van der Waals surface area (Å²) in [5, 5.41) is 3.92. The van der Waals surface area contributed by atoms with E-state index < -0.39 is 0 Å². The van der Waals surface area contributed by atoms with Gasteiger partial charge in [0, 0.05) is 16.6 Å². The predicted molar refractivity (Wildman–Crippen MR) is 86.3 cm³/mol. The monoisotopic (exact) mass is 294 g/mol. The molecule has 1 aromatic heterocycles. The van der Waals surface area contributed by atoms with Gasteiger partial charge >= 0.3 is 0 Å². The largest absolute Gasteiger partial charge is 0.397 e. The van der Waals surface area contributed by atoms with Crippen molar-refractivity contribution in [3.8, 4) is 0 Å². The van der Waals surface area contributed by atoms with Crippen molar-refractivity contribution in [1.82, 2.24) is 5.32 Å². The lowest BCUT2D eigenvalue weighted by atomic mass is 10.1. The minimum atomic E-state index is -0.0563. The van der Waals surface area contributed by atoms with Crippen LogP contribution in [0.2, 0.25) is 0 Å².